The van der Waals surface area contributed by atoms with Gasteiger partial charge in [-0.3, -0.25) is 4.90 Å². The number of ether oxygens (including phenoxy) is 1. The zero-order valence-corrected chi connectivity index (χ0v) is 13.6. The first-order valence-electron chi connectivity index (χ1n) is 8.09. The van der Waals surface area contributed by atoms with E-state index in [-0.39, 0.29) is 6.23 Å². The molecular weight excluding hydrogens is 318 g/mol. The van der Waals surface area contributed by atoms with E-state index < -0.39 is 0 Å². The molecule has 1 atom stereocenters. The van der Waals surface area contributed by atoms with Crippen molar-refractivity contribution in [2.75, 3.05) is 13.2 Å². The highest BCUT2D eigenvalue weighted by molar-refractivity contribution is 5.32. The Morgan fingerprint density at radius 1 is 1.24 bits per heavy atom. The number of furan rings is 1. The maximum atomic E-state index is 9.00. The van der Waals surface area contributed by atoms with E-state index in [1.165, 1.54) is 0 Å². The molecule has 1 aromatic carbocycles. The van der Waals surface area contributed by atoms with Crippen LogP contribution in [0.4, 0.5) is 0 Å². The highest BCUT2D eigenvalue weighted by Crippen LogP contribution is 2.27. The second-order valence-electron chi connectivity index (χ2n) is 5.93. The van der Waals surface area contributed by atoms with E-state index in [2.05, 4.69) is 21.3 Å². The van der Waals surface area contributed by atoms with Crippen LogP contribution in [-0.4, -0.2) is 33.0 Å². The van der Waals surface area contributed by atoms with Gasteiger partial charge in [0.25, 0.3) is 0 Å². The fourth-order valence-corrected chi connectivity index (χ4v) is 2.97. The standard InChI is InChI=1S/C18H17N5O2/c19-10-14-3-1-4-15(9-14)11-23-13-17(20-21-23)18-22(6-8-25-18)12-16-5-2-7-24-16/h1-5,7,9,13,18H,6,8,11-12H2. The first-order valence-corrected chi connectivity index (χ1v) is 8.09. The van der Waals surface area contributed by atoms with Crippen LogP contribution >= 0.6 is 0 Å². The molecule has 1 aliphatic rings. The fourth-order valence-electron chi connectivity index (χ4n) is 2.97. The number of hydrogen-bond donors (Lipinski definition) is 0. The van der Waals surface area contributed by atoms with Gasteiger partial charge in [-0.1, -0.05) is 17.3 Å². The molecule has 0 radical (unpaired) electrons. The summed E-state index contributed by atoms with van der Waals surface area (Å²) in [6.07, 6.45) is 3.35. The Kier molecular flexibility index (Phi) is 4.29. The lowest BCUT2D eigenvalue weighted by atomic mass is 10.1. The summed E-state index contributed by atoms with van der Waals surface area (Å²) in [6, 6.07) is 13.5. The molecule has 3 heterocycles. The Bertz CT molecular complexity index is 881. The van der Waals surface area contributed by atoms with Gasteiger partial charge in [0.1, 0.15) is 11.5 Å². The number of aromatic nitrogens is 3. The summed E-state index contributed by atoms with van der Waals surface area (Å²) in [4.78, 5) is 2.17. The second kappa shape index (κ2) is 6.89. The van der Waals surface area contributed by atoms with Gasteiger partial charge in [0.2, 0.25) is 0 Å². The van der Waals surface area contributed by atoms with Crippen LogP contribution in [0.15, 0.2) is 53.3 Å². The molecule has 1 aliphatic heterocycles. The Morgan fingerprint density at radius 3 is 3.04 bits per heavy atom. The van der Waals surface area contributed by atoms with Gasteiger partial charge < -0.3 is 9.15 Å². The Morgan fingerprint density at radius 2 is 2.20 bits per heavy atom. The van der Waals surface area contributed by atoms with Crippen LogP contribution in [0.25, 0.3) is 0 Å². The van der Waals surface area contributed by atoms with Crippen molar-refractivity contribution in [1.29, 1.82) is 5.26 Å². The van der Waals surface area contributed by atoms with Crippen LogP contribution in [-0.2, 0) is 17.8 Å². The third-order valence-electron chi connectivity index (χ3n) is 4.13. The molecule has 0 saturated carbocycles. The summed E-state index contributed by atoms with van der Waals surface area (Å²) in [5.41, 5.74) is 2.43. The first kappa shape index (κ1) is 15.6. The zero-order valence-electron chi connectivity index (χ0n) is 13.6. The van der Waals surface area contributed by atoms with Crippen molar-refractivity contribution in [3.05, 3.63) is 71.4 Å². The Balaban J connectivity index is 1.47. The summed E-state index contributed by atoms with van der Waals surface area (Å²) in [7, 11) is 0. The third kappa shape index (κ3) is 3.45. The van der Waals surface area contributed by atoms with Gasteiger partial charge >= 0.3 is 0 Å². The molecule has 3 aromatic rings. The molecule has 1 unspecified atom stereocenters. The predicted molar refractivity (Wildman–Crippen MR) is 88.1 cm³/mol. The van der Waals surface area contributed by atoms with Gasteiger partial charge in [0.15, 0.2) is 6.23 Å². The summed E-state index contributed by atoms with van der Waals surface area (Å²) in [5.74, 6) is 0.899. The molecule has 1 fully saturated rings. The van der Waals surface area contributed by atoms with E-state index in [9.17, 15) is 0 Å². The highest BCUT2D eigenvalue weighted by atomic mass is 16.5. The largest absolute Gasteiger partial charge is 0.468 e. The number of rotatable bonds is 5. The molecule has 2 aromatic heterocycles. The Labute approximate surface area is 145 Å². The molecule has 0 amide bonds. The number of nitriles is 1. The fraction of sp³-hybridized carbons (Fsp3) is 0.278. The smallest absolute Gasteiger partial charge is 0.157 e. The summed E-state index contributed by atoms with van der Waals surface area (Å²) >= 11 is 0. The number of hydrogen-bond acceptors (Lipinski definition) is 6. The Hall–Kier alpha value is -2.95. The molecule has 0 N–H and O–H groups in total. The maximum absolute atomic E-state index is 9.00. The van der Waals surface area contributed by atoms with Gasteiger partial charge in [-0.25, -0.2) is 4.68 Å². The van der Waals surface area contributed by atoms with Crippen LogP contribution in [0.5, 0.6) is 0 Å². The van der Waals surface area contributed by atoms with Gasteiger partial charge in [-0.05, 0) is 29.8 Å². The monoisotopic (exact) mass is 335 g/mol. The molecule has 1 saturated heterocycles. The minimum Gasteiger partial charge on any atom is -0.468 e. The highest BCUT2D eigenvalue weighted by Gasteiger charge is 2.30. The average Bonchev–Trinajstić information content (AvgIpc) is 3.37. The number of nitrogens with zero attached hydrogens (tertiary/aromatic N) is 5. The molecule has 0 spiro atoms. The van der Waals surface area contributed by atoms with Crippen LogP contribution < -0.4 is 0 Å². The lowest BCUT2D eigenvalue weighted by molar-refractivity contribution is 0.0223. The van der Waals surface area contributed by atoms with Crippen molar-refractivity contribution in [3.63, 3.8) is 0 Å². The van der Waals surface area contributed by atoms with Crippen LogP contribution in [0.3, 0.4) is 0 Å². The van der Waals surface area contributed by atoms with Crippen LogP contribution in [0, 0.1) is 11.3 Å². The SMILES string of the molecule is N#Cc1cccc(Cn2cc(C3OCCN3Cc3ccco3)nn2)c1. The van der Waals surface area contributed by atoms with E-state index >= 15 is 0 Å². The van der Waals surface area contributed by atoms with Gasteiger partial charge in [0, 0.05) is 6.54 Å². The zero-order chi connectivity index (χ0) is 17.1. The molecular formula is C18H17N5O2. The van der Waals surface area contributed by atoms with Crippen LogP contribution in [0.2, 0.25) is 0 Å². The van der Waals surface area contributed by atoms with Crippen molar-refractivity contribution in [3.8, 4) is 6.07 Å². The minimum atomic E-state index is -0.218. The molecule has 0 bridgehead atoms. The maximum Gasteiger partial charge on any atom is 0.157 e. The van der Waals surface area contributed by atoms with Crippen molar-refractivity contribution >= 4 is 0 Å². The van der Waals surface area contributed by atoms with Crippen LogP contribution in [0.1, 0.15) is 28.8 Å². The second-order valence-corrected chi connectivity index (χ2v) is 5.93. The van der Waals surface area contributed by atoms with E-state index in [0.717, 1.165) is 23.6 Å². The number of benzene rings is 1. The van der Waals surface area contributed by atoms with E-state index in [0.29, 0.717) is 25.3 Å². The van der Waals surface area contributed by atoms with E-state index in [4.69, 9.17) is 14.4 Å². The van der Waals surface area contributed by atoms with Gasteiger partial charge in [-0.15, -0.1) is 5.10 Å². The molecule has 25 heavy (non-hydrogen) atoms. The minimum absolute atomic E-state index is 0.218. The van der Waals surface area contributed by atoms with E-state index in [1.54, 1.807) is 17.0 Å². The molecule has 4 rings (SSSR count). The normalized spacial score (nSPS) is 17.6. The molecule has 126 valence electrons. The first-order chi connectivity index (χ1) is 12.3. The van der Waals surface area contributed by atoms with E-state index in [1.807, 2.05) is 36.5 Å². The molecule has 7 nitrogen and oxygen atoms in total. The summed E-state index contributed by atoms with van der Waals surface area (Å²) in [5, 5.41) is 17.5. The molecule has 0 aliphatic carbocycles. The topological polar surface area (TPSA) is 80.1 Å². The quantitative estimate of drug-likeness (QED) is 0.712. The van der Waals surface area contributed by atoms with Crippen molar-refractivity contribution < 1.29 is 9.15 Å². The third-order valence-corrected chi connectivity index (χ3v) is 4.13. The lowest BCUT2D eigenvalue weighted by Crippen LogP contribution is -2.23. The van der Waals surface area contributed by atoms with Crippen molar-refractivity contribution in [2.24, 2.45) is 0 Å². The summed E-state index contributed by atoms with van der Waals surface area (Å²) < 4.78 is 13.0. The lowest BCUT2D eigenvalue weighted by Gasteiger charge is -2.19. The van der Waals surface area contributed by atoms with Gasteiger partial charge in [-0.2, -0.15) is 5.26 Å². The summed E-state index contributed by atoms with van der Waals surface area (Å²) in [6.45, 7) is 2.72. The van der Waals surface area contributed by atoms with Crippen molar-refractivity contribution in [2.45, 2.75) is 19.3 Å². The average molecular weight is 335 g/mol. The predicted octanol–water partition coefficient (Wildman–Crippen LogP) is 2.32. The van der Waals surface area contributed by atoms with Crippen molar-refractivity contribution in [1.82, 2.24) is 19.9 Å². The molecule has 7 heteroatoms. The van der Waals surface area contributed by atoms with Gasteiger partial charge in [0.05, 0.1) is 43.8 Å².